The fourth-order valence-electron chi connectivity index (χ4n) is 3.10. The van der Waals surface area contributed by atoms with Crippen LogP contribution in [-0.4, -0.2) is 46.9 Å². The highest BCUT2D eigenvalue weighted by atomic mass is 16.5. The quantitative estimate of drug-likeness (QED) is 0.798. The normalized spacial score (nSPS) is 23.7. The molecule has 3 rings (SSSR count). The molecule has 0 bridgehead atoms. The minimum absolute atomic E-state index is 0.0612. The Kier molecular flexibility index (Phi) is 4.60. The van der Waals surface area contributed by atoms with Crippen molar-refractivity contribution in [1.29, 1.82) is 0 Å². The van der Waals surface area contributed by atoms with E-state index in [1.54, 1.807) is 6.20 Å². The molecule has 5 heteroatoms. The molecule has 0 spiro atoms. The summed E-state index contributed by atoms with van der Waals surface area (Å²) in [4.78, 5) is 23.5. The van der Waals surface area contributed by atoms with E-state index < -0.39 is 0 Å². The number of aryl methyl sites for hydroxylation is 1. The highest BCUT2D eigenvalue weighted by molar-refractivity contribution is 5.97. The lowest BCUT2D eigenvalue weighted by Gasteiger charge is -2.32. The Bertz CT molecular complexity index is 516. The Labute approximate surface area is 125 Å². The molecule has 1 aromatic rings. The molecule has 1 aromatic heterocycles. The van der Waals surface area contributed by atoms with Gasteiger partial charge < -0.3 is 4.74 Å². The lowest BCUT2D eigenvalue weighted by molar-refractivity contribution is -0.0343. The van der Waals surface area contributed by atoms with Crippen molar-refractivity contribution in [1.82, 2.24) is 14.9 Å². The van der Waals surface area contributed by atoms with Gasteiger partial charge in [0.15, 0.2) is 11.6 Å². The third-order valence-electron chi connectivity index (χ3n) is 4.23. The maximum atomic E-state index is 12.0. The summed E-state index contributed by atoms with van der Waals surface area (Å²) >= 11 is 0. The van der Waals surface area contributed by atoms with Crippen LogP contribution in [0.2, 0.25) is 0 Å². The van der Waals surface area contributed by atoms with Crippen molar-refractivity contribution >= 4 is 5.78 Å². The molecule has 0 saturated carbocycles. The zero-order valence-electron chi connectivity index (χ0n) is 12.7. The summed E-state index contributed by atoms with van der Waals surface area (Å²) in [6.07, 6.45) is 6.29. The fourth-order valence-corrected chi connectivity index (χ4v) is 3.10. The van der Waals surface area contributed by atoms with Crippen LogP contribution in [0.3, 0.4) is 0 Å². The van der Waals surface area contributed by atoms with Gasteiger partial charge in [0.25, 0.3) is 0 Å². The number of ether oxygens (including phenoxy) is 1. The van der Waals surface area contributed by atoms with Gasteiger partial charge in [-0.25, -0.2) is 9.97 Å². The SMILES string of the molecule is CCCN1CCOC(c2ncc3c(n2)CCCCC3=O)C1. The molecule has 1 atom stereocenters. The monoisotopic (exact) mass is 289 g/mol. The lowest BCUT2D eigenvalue weighted by atomic mass is 10.1. The van der Waals surface area contributed by atoms with E-state index in [1.807, 2.05) is 0 Å². The number of fused-ring (bicyclic) bond motifs is 1. The van der Waals surface area contributed by atoms with Crippen molar-refractivity contribution in [3.63, 3.8) is 0 Å². The molecule has 1 fully saturated rings. The molecule has 1 aliphatic carbocycles. The van der Waals surface area contributed by atoms with Crippen LogP contribution in [0.25, 0.3) is 0 Å². The number of ketones is 1. The summed E-state index contributed by atoms with van der Waals surface area (Å²) < 4.78 is 5.84. The number of hydrogen-bond acceptors (Lipinski definition) is 5. The van der Waals surface area contributed by atoms with E-state index in [4.69, 9.17) is 4.74 Å². The first kappa shape index (κ1) is 14.6. The average Bonchev–Trinajstić information content (AvgIpc) is 2.69. The summed E-state index contributed by atoms with van der Waals surface area (Å²) in [6.45, 7) is 5.83. The second kappa shape index (κ2) is 6.62. The molecular weight excluding hydrogens is 266 g/mol. The van der Waals surface area contributed by atoms with Crippen LogP contribution in [0.5, 0.6) is 0 Å². The Balaban J connectivity index is 1.79. The number of carbonyl (C=O) groups is 1. The van der Waals surface area contributed by atoms with Gasteiger partial charge in [0, 0.05) is 25.7 Å². The highest BCUT2D eigenvalue weighted by Crippen LogP contribution is 2.23. The molecule has 21 heavy (non-hydrogen) atoms. The van der Waals surface area contributed by atoms with Crippen LogP contribution in [0.4, 0.5) is 0 Å². The molecule has 0 aromatic carbocycles. The van der Waals surface area contributed by atoms with Crippen molar-refractivity contribution < 1.29 is 9.53 Å². The first-order valence-electron chi connectivity index (χ1n) is 8.01. The molecule has 0 amide bonds. The number of carbonyl (C=O) groups excluding carboxylic acids is 1. The molecule has 2 heterocycles. The van der Waals surface area contributed by atoms with E-state index in [9.17, 15) is 4.79 Å². The second-order valence-corrected chi connectivity index (χ2v) is 5.88. The van der Waals surface area contributed by atoms with E-state index >= 15 is 0 Å². The van der Waals surface area contributed by atoms with E-state index in [-0.39, 0.29) is 11.9 Å². The number of hydrogen-bond donors (Lipinski definition) is 0. The smallest absolute Gasteiger partial charge is 0.166 e. The largest absolute Gasteiger partial charge is 0.368 e. The molecule has 2 aliphatic rings. The number of nitrogens with zero attached hydrogens (tertiary/aromatic N) is 3. The van der Waals surface area contributed by atoms with E-state index in [0.717, 1.165) is 69.0 Å². The Morgan fingerprint density at radius 1 is 1.38 bits per heavy atom. The molecule has 5 nitrogen and oxygen atoms in total. The van der Waals surface area contributed by atoms with Crippen molar-refractivity contribution in [2.75, 3.05) is 26.2 Å². The van der Waals surface area contributed by atoms with Gasteiger partial charge in [-0.3, -0.25) is 9.69 Å². The van der Waals surface area contributed by atoms with Crippen LogP contribution in [0, 0.1) is 0 Å². The van der Waals surface area contributed by atoms with Crippen molar-refractivity contribution in [3.05, 3.63) is 23.3 Å². The maximum absolute atomic E-state index is 12.0. The fraction of sp³-hybridized carbons (Fsp3) is 0.688. The van der Waals surface area contributed by atoms with Gasteiger partial charge in [-0.2, -0.15) is 0 Å². The summed E-state index contributed by atoms with van der Waals surface area (Å²) in [7, 11) is 0. The summed E-state index contributed by atoms with van der Waals surface area (Å²) in [5.74, 6) is 0.926. The topological polar surface area (TPSA) is 55.3 Å². The van der Waals surface area contributed by atoms with Gasteiger partial charge in [-0.15, -0.1) is 0 Å². The Hall–Kier alpha value is -1.33. The lowest BCUT2D eigenvalue weighted by Crippen LogP contribution is -2.39. The van der Waals surface area contributed by atoms with Gasteiger partial charge in [0.05, 0.1) is 17.9 Å². The van der Waals surface area contributed by atoms with Gasteiger partial charge in [0.2, 0.25) is 0 Å². The molecular formula is C16H23N3O2. The third kappa shape index (κ3) is 3.30. The molecule has 1 saturated heterocycles. The molecule has 1 unspecified atom stereocenters. The summed E-state index contributed by atoms with van der Waals surface area (Å²) in [6, 6.07) is 0. The average molecular weight is 289 g/mol. The minimum Gasteiger partial charge on any atom is -0.368 e. The number of Topliss-reactive ketones (excluding diaryl/α,β-unsaturated/α-hetero) is 1. The Morgan fingerprint density at radius 3 is 3.10 bits per heavy atom. The standard InChI is InChI=1S/C16H23N3O2/c1-2-7-19-8-9-21-15(11-19)16-17-10-12-13(18-16)5-3-4-6-14(12)20/h10,15H,2-9,11H2,1H3. The van der Waals surface area contributed by atoms with Crippen LogP contribution < -0.4 is 0 Å². The summed E-state index contributed by atoms with van der Waals surface area (Å²) in [5, 5.41) is 0. The van der Waals surface area contributed by atoms with Gasteiger partial charge >= 0.3 is 0 Å². The van der Waals surface area contributed by atoms with Gasteiger partial charge in [-0.05, 0) is 32.2 Å². The van der Waals surface area contributed by atoms with Crippen LogP contribution in [-0.2, 0) is 11.2 Å². The van der Waals surface area contributed by atoms with E-state index in [0.29, 0.717) is 6.42 Å². The second-order valence-electron chi connectivity index (χ2n) is 5.88. The Morgan fingerprint density at radius 2 is 2.24 bits per heavy atom. The van der Waals surface area contributed by atoms with Crippen LogP contribution >= 0.6 is 0 Å². The molecule has 1 aliphatic heterocycles. The zero-order valence-corrected chi connectivity index (χ0v) is 12.7. The van der Waals surface area contributed by atoms with Crippen molar-refractivity contribution in [2.45, 2.75) is 45.1 Å². The predicted octanol–water partition coefficient (Wildman–Crippen LogP) is 2.17. The molecule has 0 N–H and O–H groups in total. The molecule has 0 radical (unpaired) electrons. The van der Waals surface area contributed by atoms with Crippen LogP contribution in [0.1, 0.15) is 60.6 Å². The minimum atomic E-state index is -0.0612. The van der Waals surface area contributed by atoms with Crippen molar-refractivity contribution in [3.8, 4) is 0 Å². The van der Waals surface area contributed by atoms with E-state index in [1.165, 1.54) is 0 Å². The third-order valence-corrected chi connectivity index (χ3v) is 4.23. The van der Waals surface area contributed by atoms with E-state index in [2.05, 4.69) is 21.8 Å². The number of aromatic nitrogens is 2. The molecule has 114 valence electrons. The zero-order chi connectivity index (χ0) is 14.7. The predicted molar refractivity (Wildman–Crippen MR) is 79.3 cm³/mol. The van der Waals surface area contributed by atoms with Crippen LogP contribution in [0.15, 0.2) is 6.20 Å². The number of morpholine rings is 1. The van der Waals surface area contributed by atoms with Gasteiger partial charge in [-0.1, -0.05) is 6.92 Å². The summed E-state index contributed by atoms with van der Waals surface area (Å²) in [5.41, 5.74) is 1.64. The first-order valence-corrected chi connectivity index (χ1v) is 8.01. The highest BCUT2D eigenvalue weighted by Gasteiger charge is 2.25. The number of rotatable bonds is 3. The maximum Gasteiger partial charge on any atom is 0.166 e. The van der Waals surface area contributed by atoms with Crippen molar-refractivity contribution in [2.24, 2.45) is 0 Å². The van der Waals surface area contributed by atoms with Gasteiger partial charge in [0.1, 0.15) is 6.10 Å². The first-order chi connectivity index (χ1) is 10.3.